The number of carbonyl (C=O) groups excluding carboxylic acids is 2. The van der Waals surface area contributed by atoms with Crippen LogP contribution in [0.3, 0.4) is 0 Å². The van der Waals surface area contributed by atoms with Crippen LogP contribution in [0.2, 0.25) is 5.02 Å². The number of hydrogen-bond acceptors (Lipinski definition) is 3. The molecule has 2 N–H and O–H groups in total. The highest BCUT2D eigenvalue weighted by Crippen LogP contribution is 2.58. The Balaban J connectivity index is 1.35. The van der Waals surface area contributed by atoms with Crippen molar-refractivity contribution in [1.29, 1.82) is 0 Å². The van der Waals surface area contributed by atoms with Gasteiger partial charge in [0.25, 0.3) is 0 Å². The second-order valence-corrected chi connectivity index (χ2v) is 11.1. The van der Waals surface area contributed by atoms with Crippen LogP contribution in [0.25, 0.3) is 0 Å². The Hall–Kier alpha value is -1.59. The van der Waals surface area contributed by atoms with Gasteiger partial charge in [-0.2, -0.15) is 0 Å². The van der Waals surface area contributed by atoms with Crippen LogP contribution in [-0.2, 0) is 16.1 Å². The highest BCUT2D eigenvalue weighted by molar-refractivity contribution is 6.30. The number of amides is 2. The van der Waals surface area contributed by atoms with E-state index in [1.165, 1.54) is 38.5 Å². The molecule has 4 aliphatic carbocycles. The summed E-state index contributed by atoms with van der Waals surface area (Å²) >= 11 is 6.11. The Morgan fingerprint density at radius 2 is 1.55 bits per heavy atom. The predicted molar refractivity (Wildman–Crippen MR) is 121 cm³/mol. The number of halogens is 1. The summed E-state index contributed by atoms with van der Waals surface area (Å²) in [4.78, 5) is 29.7. The smallest absolute Gasteiger partial charge is 0.237 e. The van der Waals surface area contributed by atoms with Crippen LogP contribution in [-0.4, -0.2) is 46.8 Å². The van der Waals surface area contributed by atoms with Crippen LogP contribution < -0.4 is 5.73 Å². The van der Waals surface area contributed by atoms with Crippen LogP contribution >= 0.6 is 11.6 Å². The molecule has 1 heterocycles. The van der Waals surface area contributed by atoms with Gasteiger partial charge in [-0.1, -0.05) is 23.7 Å². The lowest BCUT2D eigenvalue weighted by molar-refractivity contribution is -0.153. The molecule has 31 heavy (non-hydrogen) atoms. The first-order valence-corrected chi connectivity index (χ1v) is 12.3. The summed E-state index contributed by atoms with van der Waals surface area (Å²) < 4.78 is 0. The van der Waals surface area contributed by atoms with Gasteiger partial charge in [-0.05, 0) is 99.9 Å². The SMILES string of the molecule is NC(=O)C1CCN(CC(=O)N(Cc2ccc(Cl)cc2)C23CC4CC(CC(C4)C2)C3)CC1. The Labute approximate surface area is 190 Å². The summed E-state index contributed by atoms with van der Waals surface area (Å²) in [5.74, 6) is 2.37. The largest absolute Gasteiger partial charge is 0.369 e. The molecule has 0 unspecified atom stereocenters. The van der Waals surface area contributed by atoms with Gasteiger partial charge in [0.1, 0.15) is 0 Å². The monoisotopic (exact) mass is 443 g/mol. The quantitative estimate of drug-likeness (QED) is 0.726. The molecule has 1 aromatic rings. The van der Waals surface area contributed by atoms with Crippen molar-refractivity contribution in [3.05, 3.63) is 34.9 Å². The van der Waals surface area contributed by atoms with Crippen LogP contribution in [0.15, 0.2) is 24.3 Å². The highest BCUT2D eigenvalue weighted by atomic mass is 35.5. The van der Waals surface area contributed by atoms with Crippen LogP contribution in [0, 0.1) is 23.7 Å². The predicted octanol–water partition coefficient (Wildman–Crippen LogP) is 3.83. The lowest BCUT2D eigenvalue weighted by Gasteiger charge is -2.60. The van der Waals surface area contributed by atoms with E-state index >= 15 is 0 Å². The maximum Gasteiger partial charge on any atom is 0.237 e. The van der Waals surface area contributed by atoms with E-state index in [0.29, 0.717) is 13.1 Å². The molecule has 1 saturated heterocycles. The molecule has 5 aliphatic rings. The number of nitrogens with two attached hydrogens (primary N) is 1. The molecule has 1 aromatic carbocycles. The van der Waals surface area contributed by atoms with Gasteiger partial charge in [0.05, 0.1) is 6.54 Å². The molecular formula is C25H34ClN3O2. The van der Waals surface area contributed by atoms with Crippen molar-refractivity contribution in [1.82, 2.24) is 9.80 Å². The number of rotatable bonds is 6. The minimum atomic E-state index is -0.205. The van der Waals surface area contributed by atoms with Crippen molar-refractivity contribution in [2.24, 2.45) is 29.4 Å². The molecule has 5 fully saturated rings. The van der Waals surface area contributed by atoms with Gasteiger partial charge in [-0.15, -0.1) is 0 Å². The fourth-order valence-electron chi connectivity index (χ4n) is 7.34. The molecule has 0 radical (unpaired) electrons. The van der Waals surface area contributed by atoms with Gasteiger partial charge in [-0.25, -0.2) is 0 Å². The van der Waals surface area contributed by atoms with E-state index in [4.69, 9.17) is 17.3 Å². The second kappa shape index (κ2) is 8.40. The number of piperidine rings is 1. The summed E-state index contributed by atoms with van der Waals surface area (Å²) in [5.41, 5.74) is 6.66. The minimum absolute atomic E-state index is 0.0248. The molecule has 0 spiro atoms. The van der Waals surface area contributed by atoms with Gasteiger partial charge in [0.15, 0.2) is 0 Å². The molecule has 5 nitrogen and oxygen atoms in total. The Morgan fingerprint density at radius 3 is 2.06 bits per heavy atom. The normalized spacial score (nSPS) is 32.9. The maximum absolute atomic E-state index is 13.8. The summed E-state index contributed by atoms with van der Waals surface area (Å²) in [6.45, 7) is 2.66. The van der Waals surface area contributed by atoms with Crippen molar-refractivity contribution < 1.29 is 9.59 Å². The van der Waals surface area contributed by atoms with Crippen molar-refractivity contribution in [3.8, 4) is 0 Å². The Morgan fingerprint density at radius 1 is 1.00 bits per heavy atom. The molecule has 6 rings (SSSR count). The minimum Gasteiger partial charge on any atom is -0.369 e. The summed E-state index contributed by atoms with van der Waals surface area (Å²) in [6, 6.07) is 7.96. The first-order chi connectivity index (χ1) is 14.9. The zero-order chi connectivity index (χ0) is 21.6. The first kappa shape index (κ1) is 21.3. The zero-order valence-electron chi connectivity index (χ0n) is 18.3. The van der Waals surface area contributed by atoms with E-state index in [2.05, 4.69) is 21.9 Å². The lowest BCUT2D eigenvalue weighted by atomic mass is 9.52. The lowest BCUT2D eigenvalue weighted by Crippen LogP contribution is -2.62. The van der Waals surface area contributed by atoms with E-state index in [-0.39, 0.29) is 23.3 Å². The van der Waals surface area contributed by atoms with Gasteiger partial charge in [-0.3, -0.25) is 14.5 Å². The third-order valence-corrected chi connectivity index (χ3v) is 8.73. The van der Waals surface area contributed by atoms with Crippen LogP contribution in [0.1, 0.15) is 56.9 Å². The number of nitrogens with zero attached hydrogens (tertiary/aromatic N) is 2. The van der Waals surface area contributed by atoms with E-state index in [0.717, 1.165) is 54.3 Å². The molecule has 4 saturated carbocycles. The molecule has 168 valence electrons. The van der Waals surface area contributed by atoms with Crippen LogP contribution in [0.5, 0.6) is 0 Å². The Kier molecular flexibility index (Phi) is 5.76. The summed E-state index contributed by atoms with van der Waals surface area (Å²) in [6.07, 6.45) is 9.12. The third-order valence-electron chi connectivity index (χ3n) is 8.48. The molecule has 0 atom stereocenters. The average Bonchev–Trinajstić information content (AvgIpc) is 2.72. The maximum atomic E-state index is 13.8. The Bertz CT molecular complexity index is 796. The molecular weight excluding hydrogens is 410 g/mol. The average molecular weight is 444 g/mol. The number of primary amides is 1. The van der Waals surface area contributed by atoms with Crippen molar-refractivity contribution in [2.75, 3.05) is 19.6 Å². The van der Waals surface area contributed by atoms with Gasteiger partial charge < -0.3 is 10.6 Å². The van der Waals surface area contributed by atoms with Gasteiger partial charge in [0.2, 0.25) is 11.8 Å². The molecule has 6 heteroatoms. The molecule has 4 bridgehead atoms. The van der Waals surface area contributed by atoms with Gasteiger partial charge in [0, 0.05) is 23.0 Å². The van der Waals surface area contributed by atoms with E-state index in [1.54, 1.807) is 0 Å². The van der Waals surface area contributed by atoms with Gasteiger partial charge >= 0.3 is 0 Å². The van der Waals surface area contributed by atoms with E-state index in [9.17, 15) is 9.59 Å². The number of carbonyl (C=O) groups is 2. The van der Waals surface area contributed by atoms with Crippen LogP contribution in [0.4, 0.5) is 0 Å². The number of hydrogen-bond donors (Lipinski definition) is 1. The second-order valence-electron chi connectivity index (χ2n) is 10.7. The topological polar surface area (TPSA) is 66.6 Å². The number of likely N-dealkylation sites (tertiary alicyclic amines) is 1. The van der Waals surface area contributed by atoms with E-state index < -0.39 is 0 Å². The molecule has 2 amide bonds. The van der Waals surface area contributed by atoms with Crippen molar-refractivity contribution >= 4 is 23.4 Å². The zero-order valence-corrected chi connectivity index (χ0v) is 19.0. The summed E-state index contributed by atoms with van der Waals surface area (Å²) in [5, 5.41) is 0.730. The third kappa shape index (κ3) is 4.36. The fraction of sp³-hybridized carbons (Fsp3) is 0.680. The fourth-order valence-corrected chi connectivity index (χ4v) is 7.47. The van der Waals surface area contributed by atoms with E-state index in [1.807, 2.05) is 12.1 Å². The van der Waals surface area contributed by atoms with Crippen molar-refractivity contribution in [2.45, 2.75) is 63.5 Å². The first-order valence-electron chi connectivity index (χ1n) is 12.0. The molecule has 0 aromatic heterocycles. The summed E-state index contributed by atoms with van der Waals surface area (Å²) in [7, 11) is 0. The highest BCUT2D eigenvalue weighted by Gasteiger charge is 2.54. The van der Waals surface area contributed by atoms with Crippen molar-refractivity contribution in [3.63, 3.8) is 0 Å². The number of benzene rings is 1. The standard InChI is InChI=1S/C25H34ClN3O2/c26-22-3-1-17(2-4-22)15-29(23(30)16-28-7-5-21(6-8-28)24(27)31)25-12-18-9-19(13-25)11-20(10-18)14-25/h1-4,18-21H,5-16H2,(H2,27,31). The molecule has 1 aliphatic heterocycles.